The first-order valence-electron chi connectivity index (χ1n) is 11.4. The molecule has 0 radical (unpaired) electrons. The normalized spacial score (nSPS) is 11.0. The lowest BCUT2D eigenvalue weighted by atomic mass is 10.2. The zero-order valence-electron chi connectivity index (χ0n) is 19.7. The van der Waals surface area contributed by atoms with E-state index in [1.54, 1.807) is 0 Å². The predicted molar refractivity (Wildman–Crippen MR) is 142 cm³/mol. The Morgan fingerprint density at radius 3 is 2.33 bits per heavy atom. The molecule has 0 aliphatic heterocycles. The maximum absolute atomic E-state index is 13.1. The van der Waals surface area contributed by atoms with Crippen molar-refractivity contribution in [3.05, 3.63) is 122 Å². The van der Waals surface area contributed by atoms with E-state index in [-0.39, 0.29) is 18.1 Å². The van der Waals surface area contributed by atoms with Crippen molar-refractivity contribution < 1.29 is 4.42 Å². The van der Waals surface area contributed by atoms with Crippen LogP contribution in [0.1, 0.15) is 22.6 Å². The molecule has 0 saturated carbocycles. The van der Waals surface area contributed by atoms with E-state index in [2.05, 4.69) is 4.98 Å². The van der Waals surface area contributed by atoms with Gasteiger partial charge in [-0.15, -0.1) is 11.3 Å². The van der Waals surface area contributed by atoms with Crippen molar-refractivity contribution in [1.29, 1.82) is 0 Å². The van der Waals surface area contributed by atoms with Crippen LogP contribution in [0, 0.1) is 6.92 Å². The van der Waals surface area contributed by atoms with E-state index < -0.39 is 11.2 Å². The zero-order valence-corrected chi connectivity index (χ0v) is 20.5. The molecule has 0 aliphatic rings. The number of nitrogens with two attached hydrogens (primary N) is 1. The van der Waals surface area contributed by atoms with E-state index in [4.69, 9.17) is 15.1 Å². The van der Waals surface area contributed by atoms with Gasteiger partial charge in [0.15, 0.2) is 10.8 Å². The van der Waals surface area contributed by atoms with Gasteiger partial charge in [0.25, 0.3) is 5.56 Å². The summed E-state index contributed by atoms with van der Waals surface area (Å²) in [6.07, 6.45) is 0. The largest absolute Gasteiger partial charge is 0.459 e. The Bertz CT molecular complexity index is 1590. The lowest BCUT2D eigenvalue weighted by molar-refractivity contribution is 0.547. The molecule has 3 heterocycles. The zero-order chi connectivity index (χ0) is 25.1. The quantitative estimate of drug-likeness (QED) is 0.327. The minimum atomic E-state index is -0.547. The van der Waals surface area contributed by atoms with Crippen LogP contribution in [0.5, 0.6) is 0 Å². The summed E-state index contributed by atoms with van der Waals surface area (Å²) in [7, 11) is 0. The van der Waals surface area contributed by atoms with E-state index in [0.29, 0.717) is 18.8 Å². The second-order valence-corrected chi connectivity index (χ2v) is 9.32. The van der Waals surface area contributed by atoms with Crippen LogP contribution in [0.15, 0.2) is 92.2 Å². The molecular weight excluding hydrogens is 474 g/mol. The first-order valence-corrected chi connectivity index (χ1v) is 12.3. The number of nitrogens with zero attached hydrogens (tertiary/aromatic N) is 3. The number of benzene rings is 2. The minimum Gasteiger partial charge on any atom is -0.459 e. The van der Waals surface area contributed by atoms with Crippen molar-refractivity contribution in [2.24, 2.45) is 0 Å². The molecule has 8 nitrogen and oxygen atoms in total. The number of H-pyrrole nitrogens is 1. The molecule has 0 bridgehead atoms. The van der Waals surface area contributed by atoms with Crippen LogP contribution < -0.4 is 21.9 Å². The Hall–Kier alpha value is -4.37. The topological polar surface area (TPSA) is 110 Å². The second kappa shape index (κ2) is 10.1. The highest BCUT2D eigenvalue weighted by Gasteiger charge is 2.21. The van der Waals surface area contributed by atoms with Crippen molar-refractivity contribution in [3.63, 3.8) is 0 Å². The van der Waals surface area contributed by atoms with Gasteiger partial charge in [-0.25, -0.2) is 9.78 Å². The number of furan rings is 1. The number of rotatable bonds is 8. The molecule has 3 N–H and O–H groups in total. The van der Waals surface area contributed by atoms with Crippen molar-refractivity contribution in [3.8, 4) is 10.8 Å². The molecule has 3 aromatic heterocycles. The molecule has 5 aromatic rings. The standard InChI is InChI=1S/C27H25N5O3S/c1-18-12-13-22(35-18)26-29-21(17-36-26)16-31(14-19-8-4-2-5-9-19)23-24(28)32(27(34)30-25(23)33)15-20-10-6-3-7-11-20/h2-13,17H,14-16,28H2,1H3,(H,30,33,34). The number of anilines is 2. The van der Waals surface area contributed by atoms with Crippen LogP contribution in [0.2, 0.25) is 0 Å². The van der Waals surface area contributed by atoms with Gasteiger partial charge in [-0.3, -0.25) is 14.3 Å². The maximum Gasteiger partial charge on any atom is 0.330 e. The highest BCUT2D eigenvalue weighted by Crippen LogP contribution is 2.28. The first kappa shape index (κ1) is 23.4. The number of aromatic amines is 1. The van der Waals surface area contributed by atoms with Crippen LogP contribution in [0.25, 0.3) is 10.8 Å². The fourth-order valence-corrected chi connectivity index (χ4v) is 4.83. The molecule has 0 spiro atoms. The fourth-order valence-electron chi connectivity index (χ4n) is 4.06. The van der Waals surface area contributed by atoms with E-state index >= 15 is 0 Å². The number of aryl methyl sites for hydroxylation is 1. The smallest absolute Gasteiger partial charge is 0.330 e. The lowest BCUT2D eigenvalue weighted by Gasteiger charge is -2.26. The molecule has 0 fully saturated rings. The summed E-state index contributed by atoms with van der Waals surface area (Å²) in [4.78, 5) is 34.8. The number of nitrogen functional groups attached to an aromatic ring is 1. The second-order valence-electron chi connectivity index (χ2n) is 8.46. The molecule has 0 amide bonds. The highest BCUT2D eigenvalue weighted by molar-refractivity contribution is 7.13. The monoisotopic (exact) mass is 499 g/mol. The van der Waals surface area contributed by atoms with Crippen LogP contribution in [0.4, 0.5) is 11.5 Å². The third-order valence-electron chi connectivity index (χ3n) is 5.79. The molecule has 0 aliphatic carbocycles. The Morgan fingerprint density at radius 2 is 1.67 bits per heavy atom. The molecule has 0 atom stereocenters. The van der Waals surface area contributed by atoms with Crippen LogP contribution in [-0.2, 0) is 19.6 Å². The van der Waals surface area contributed by atoms with Crippen LogP contribution in [-0.4, -0.2) is 14.5 Å². The number of nitrogens with one attached hydrogen (secondary N) is 1. The number of hydrogen-bond donors (Lipinski definition) is 2. The Morgan fingerprint density at radius 1 is 0.972 bits per heavy atom. The van der Waals surface area contributed by atoms with Gasteiger partial charge in [0.05, 0.1) is 18.8 Å². The molecule has 5 rings (SSSR count). The molecule has 0 unspecified atom stereocenters. The van der Waals surface area contributed by atoms with Gasteiger partial charge in [-0.1, -0.05) is 60.7 Å². The fraction of sp³-hybridized carbons (Fsp3) is 0.148. The predicted octanol–water partition coefficient (Wildman–Crippen LogP) is 4.40. The summed E-state index contributed by atoms with van der Waals surface area (Å²) in [5.41, 5.74) is 8.32. The van der Waals surface area contributed by atoms with E-state index in [9.17, 15) is 9.59 Å². The minimum absolute atomic E-state index is 0.112. The van der Waals surface area contributed by atoms with Gasteiger partial charge < -0.3 is 15.1 Å². The third-order valence-corrected chi connectivity index (χ3v) is 6.69. The average molecular weight is 500 g/mol. The lowest BCUT2D eigenvalue weighted by Crippen LogP contribution is -2.38. The molecule has 0 saturated heterocycles. The van der Waals surface area contributed by atoms with E-state index in [1.165, 1.54) is 15.9 Å². The molecule has 9 heteroatoms. The number of aromatic nitrogens is 3. The first-order chi connectivity index (χ1) is 17.5. The summed E-state index contributed by atoms with van der Waals surface area (Å²) >= 11 is 1.47. The Kier molecular flexibility index (Phi) is 6.55. The van der Waals surface area contributed by atoms with Crippen LogP contribution >= 0.6 is 11.3 Å². The maximum atomic E-state index is 13.1. The third kappa shape index (κ3) is 5.01. The van der Waals surface area contributed by atoms with Crippen molar-refractivity contribution in [2.75, 3.05) is 10.6 Å². The van der Waals surface area contributed by atoms with Gasteiger partial charge in [0, 0.05) is 11.9 Å². The summed E-state index contributed by atoms with van der Waals surface area (Å²) in [6, 6.07) is 23.1. The van der Waals surface area contributed by atoms with Gasteiger partial charge in [0.2, 0.25) is 0 Å². The van der Waals surface area contributed by atoms with Crippen molar-refractivity contribution in [2.45, 2.75) is 26.6 Å². The van der Waals surface area contributed by atoms with Gasteiger partial charge in [0.1, 0.15) is 17.3 Å². The van der Waals surface area contributed by atoms with E-state index in [0.717, 1.165) is 27.6 Å². The van der Waals surface area contributed by atoms with E-state index in [1.807, 2.05) is 90.0 Å². The molecule has 36 heavy (non-hydrogen) atoms. The van der Waals surface area contributed by atoms with Crippen LogP contribution in [0.3, 0.4) is 0 Å². The highest BCUT2D eigenvalue weighted by atomic mass is 32.1. The summed E-state index contributed by atoms with van der Waals surface area (Å²) in [6.45, 7) is 2.86. The Balaban J connectivity index is 1.54. The van der Waals surface area contributed by atoms with Crippen molar-refractivity contribution >= 4 is 22.8 Å². The summed E-state index contributed by atoms with van der Waals surface area (Å²) in [5, 5.41) is 2.70. The van der Waals surface area contributed by atoms with Gasteiger partial charge >= 0.3 is 5.69 Å². The number of thiazole rings is 1. The SMILES string of the molecule is Cc1ccc(-c2nc(CN(Cc3ccccc3)c3c(N)n(Cc4ccccc4)c(=O)[nH]c3=O)cs2)o1. The molecule has 2 aromatic carbocycles. The number of hydrogen-bond acceptors (Lipinski definition) is 7. The summed E-state index contributed by atoms with van der Waals surface area (Å²) in [5.74, 6) is 1.63. The van der Waals surface area contributed by atoms with Gasteiger partial charge in [-0.05, 0) is 30.2 Å². The average Bonchev–Trinajstić information content (AvgIpc) is 3.52. The summed E-state index contributed by atoms with van der Waals surface area (Å²) < 4.78 is 7.10. The Labute approximate surface area is 211 Å². The van der Waals surface area contributed by atoms with Gasteiger partial charge in [-0.2, -0.15) is 0 Å². The molecular formula is C27H25N5O3S. The molecule has 182 valence electrons. The van der Waals surface area contributed by atoms with Crippen molar-refractivity contribution in [1.82, 2.24) is 14.5 Å².